The number of hydrogen-bond donors (Lipinski definition) is 2. The third-order valence-electron chi connectivity index (χ3n) is 5.41. The van der Waals surface area contributed by atoms with E-state index in [9.17, 15) is 9.59 Å². The highest BCUT2D eigenvalue weighted by molar-refractivity contribution is 6.00. The molecule has 9 heteroatoms. The molecule has 2 N–H and O–H groups in total. The Morgan fingerprint density at radius 1 is 1.52 bits per heavy atom. The van der Waals surface area contributed by atoms with Gasteiger partial charge < -0.3 is 19.8 Å². The van der Waals surface area contributed by atoms with Gasteiger partial charge in [0.2, 0.25) is 0 Å². The standard InChI is InChI=1S/C18H21N7O2/c1-11-4-7-24(18(27)23(2)8-5-19)10-14(11)25-15-12-3-6-20-16(12)21-9-13(15)22-17(25)26/h3,6,9,11,14H,4,7-8,10H2,1-2H3,(H,20,21)(H,22,26). The van der Waals surface area contributed by atoms with Gasteiger partial charge in [0.1, 0.15) is 12.2 Å². The van der Waals surface area contributed by atoms with E-state index in [-0.39, 0.29) is 30.2 Å². The van der Waals surface area contributed by atoms with Gasteiger partial charge in [-0.3, -0.25) is 4.57 Å². The molecule has 0 aliphatic carbocycles. The third kappa shape index (κ3) is 2.73. The van der Waals surface area contributed by atoms with Crippen molar-refractivity contribution in [3.05, 3.63) is 28.9 Å². The quantitative estimate of drug-likeness (QED) is 0.671. The topological polar surface area (TPSA) is 114 Å². The minimum Gasteiger partial charge on any atom is -0.346 e. The largest absolute Gasteiger partial charge is 0.346 e. The second-order valence-corrected chi connectivity index (χ2v) is 7.14. The number of fused-ring (bicyclic) bond motifs is 3. The van der Waals surface area contributed by atoms with Crippen LogP contribution in [0.5, 0.6) is 0 Å². The predicted octanol–water partition coefficient (Wildman–Crippen LogP) is 1.66. The monoisotopic (exact) mass is 367 g/mol. The number of hydrogen-bond acceptors (Lipinski definition) is 4. The van der Waals surface area contributed by atoms with Gasteiger partial charge >= 0.3 is 11.7 Å². The Labute approximate surface area is 155 Å². The number of carbonyl (C=O) groups is 1. The average molecular weight is 367 g/mol. The van der Waals surface area contributed by atoms with Crippen LogP contribution in [0.25, 0.3) is 22.1 Å². The first kappa shape index (κ1) is 17.1. The van der Waals surface area contributed by atoms with Gasteiger partial charge in [-0.2, -0.15) is 5.26 Å². The highest BCUT2D eigenvalue weighted by atomic mass is 16.2. The number of H-pyrrole nitrogens is 2. The van der Waals surface area contributed by atoms with E-state index in [2.05, 4.69) is 21.9 Å². The Hall–Kier alpha value is -3.28. The number of pyridine rings is 1. The van der Waals surface area contributed by atoms with E-state index < -0.39 is 0 Å². The van der Waals surface area contributed by atoms with Crippen LogP contribution in [0.1, 0.15) is 19.4 Å². The molecule has 0 spiro atoms. The highest BCUT2D eigenvalue weighted by Crippen LogP contribution is 2.31. The number of aromatic nitrogens is 4. The number of nitriles is 1. The number of imidazole rings is 1. The van der Waals surface area contributed by atoms with Crippen molar-refractivity contribution in [2.24, 2.45) is 5.92 Å². The molecule has 0 radical (unpaired) electrons. The SMILES string of the molecule is CC1CCN(C(=O)N(C)CC#N)CC1n1c(=O)[nH]c2cnc3[nH]ccc3c21. The van der Waals surface area contributed by atoms with Crippen LogP contribution in [0.15, 0.2) is 23.3 Å². The summed E-state index contributed by atoms with van der Waals surface area (Å²) in [4.78, 5) is 38.8. The first-order chi connectivity index (χ1) is 13.0. The minimum atomic E-state index is -0.197. The van der Waals surface area contributed by atoms with Crippen LogP contribution in [0.3, 0.4) is 0 Å². The maximum absolute atomic E-state index is 12.8. The van der Waals surface area contributed by atoms with E-state index in [0.29, 0.717) is 18.6 Å². The Bertz CT molecular complexity index is 1100. The van der Waals surface area contributed by atoms with Crippen molar-refractivity contribution >= 4 is 28.1 Å². The van der Waals surface area contributed by atoms with E-state index in [1.165, 1.54) is 4.90 Å². The van der Waals surface area contributed by atoms with Gasteiger partial charge in [-0.15, -0.1) is 0 Å². The van der Waals surface area contributed by atoms with Gasteiger partial charge in [-0.25, -0.2) is 14.6 Å². The zero-order valence-corrected chi connectivity index (χ0v) is 15.3. The molecule has 0 saturated carbocycles. The van der Waals surface area contributed by atoms with Crippen LogP contribution in [-0.2, 0) is 0 Å². The maximum atomic E-state index is 12.8. The molecule has 0 aromatic carbocycles. The third-order valence-corrected chi connectivity index (χ3v) is 5.41. The highest BCUT2D eigenvalue weighted by Gasteiger charge is 2.33. The fraction of sp³-hybridized carbons (Fsp3) is 0.444. The van der Waals surface area contributed by atoms with Gasteiger partial charge in [-0.1, -0.05) is 6.92 Å². The number of aromatic amines is 2. The van der Waals surface area contributed by atoms with Crippen molar-refractivity contribution in [1.29, 1.82) is 5.26 Å². The van der Waals surface area contributed by atoms with Crippen molar-refractivity contribution in [3.63, 3.8) is 0 Å². The predicted molar refractivity (Wildman–Crippen MR) is 100 cm³/mol. The Morgan fingerprint density at radius 3 is 3.11 bits per heavy atom. The summed E-state index contributed by atoms with van der Waals surface area (Å²) in [5, 5.41) is 9.72. The molecule has 4 rings (SSSR count). The van der Waals surface area contributed by atoms with Crippen LogP contribution in [0, 0.1) is 17.2 Å². The Balaban J connectivity index is 1.77. The number of piperidine rings is 1. The second-order valence-electron chi connectivity index (χ2n) is 7.14. The first-order valence-electron chi connectivity index (χ1n) is 8.94. The number of likely N-dealkylation sites (tertiary alicyclic amines) is 1. The van der Waals surface area contributed by atoms with Crippen LogP contribution >= 0.6 is 0 Å². The Kier molecular flexibility index (Phi) is 4.11. The normalized spacial score (nSPS) is 20.1. The van der Waals surface area contributed by atoms with Crippen LogP contribution < -0.4 is 5.69 Å². The number of nitrogens with zero attached hydrogens (tertiary/aromatic N) is 5. The summed E-state index contributed by atoms with van der Waals surface area (Å²) in [7, 11) is 1.62. The van der Waals surface area contributed by atoms with Crippen molar-refractivity contribution in [3.8, 4) is 6.07 Å². The molecular formula is C18H21N7O2. The summed E-state index contributed by atoms with van der Waals surface area (Å²) in [6.07, 6.45) is 4.25. The molecule has 1 fully saturated rings. The van der Waals surface area contributed by atoms with Gasteiger partial charge in [0.05, 0.1) is 29.3 Å². The summed E-state index contributed by atoms with van der Waals surface area (Å²) in [6, 6.07) is 3.56. The average Bonchev–Trinajstić information content (AvgIpc) is 3.25. The first-order valence-corrected chi connectivity index (χ1v) is 8.94. The number of rotatable bonds is 2. The molecule has 2 unspecified atom stereocenters. The zero-order valence-electron chi connectivity index (χ0n) is 15.3. The molecule has 140 valence electrons. The summed E-state index contributed by atoms with van der Waals surface area (Å²) in [5.74, 6) is 0.231. The summed E-state index contributed by atoms with van der Waals surface area (Å²) < 4.78 is 1.77. The van der Waals surface area contributed by atoms with E-state index >= 15 is 0 Å². The molecule has 4 heterocycles. The van der Waals surface area contributed by atoms with Crippen LogP contribution in [0.4, 0.5) is 4.79 Å². The smallest absolute Gasteiger partial charge is 0.326 e. The molecular weight excluding hydrogens is 346 g/mol. The fourth-order valence-electron chi connectivity index (χ4n) is 3.91. The maximum Gasteiger partial charge on any atom is 0.326 e. The molecule has 2 amide bonds. The molecule has 1 aliphatic heterocycles. The molecule has 2 atom stereocenters. The minimum absolute atomic E-state index is 0.0399. The molecule has 9 nitrogen and oxygen atoms in total. The fourth-order valence-corrected chi connectivity index (χ4v) is 3.91. The lowest BCUT2D eigenvalue weighted by atomic mass is 9.93. The Morgan fingerprint density at radius 2 is 2.33 bits per heavy atom. The van der Waals surface area contributed by atoms with E-state index in [0.717, 1.165) is 23.0 Å². The number of nitrogens with one attached hydrogen (secondary N) is 2. The van der Waals surface area contributed by atoms with Crippen LogP contribution in [0.2, 0.25) is 0 Å². The number of amides is 2. The molecule has 1 saturated heterocycles. The van der Waals surface area contributed by atoms with E-state index in [4.69, 9.17) is 5.26 Å². The van der Waals surface area contributed by atoms with Gasteiger partial charge in [-0.05, 0) is 18.4 Å². The van der Waals surface area contributed by atoms with Crippen LogP contribution in [-0.4, -0.2) is 62.0 Å². The summed E-state index contributed by atoms with van der Waals surface area (Å²) in [6.45, 7) is 3.19. The zero-order chi connectivity index (χ0) is 19.1. The molecule has 0 bridgehead atoms. The van der Waals surface area contributed by atoms with E-state index in [1.54, 1.807) is 28.9 Å². The molecule has 3 aromatic heterocycles. The van der Waals surface area contributed by atoms with Gasteiger partial charge in [0.15, 0.2) is 0 Å². The molecule has 27 heavy (non-hydrogen) atoms. The summed E-state index contributed by atoms with van der Waals surface area (Å²) >= 11 is 0. The second kappa shape index (κ2) is 6.46. The lowest BCUT2D eigenvalue weighted by Crippen LogP contribution is -2.49. The number of urea groups is 1. The van der Waals surface area contributed by atoms with E-state index in [1.807, 2.05) is 12.1 Å². The van der Waals surface area contributed by atoms with Crippen molar-refractivity contribution in [2.75, 3.05) is 26.7 Å². The lowest BCUT2D eigenvalue weighted by molar-refractivity contribution is 0.120. The van der Waals surface area contributed by atoms with Crippen molar-refractivity contribution < 1.29 is 4.79 Å². The number of carbonyl (C=O) groups excluding carboxylic acids is 1. The molecule has 3 aromatic rings. The molecule has 1 aliphatic rings. The van der Waals surface area contributed by atoms with Crippen molar-refractivity contribution in [1.82, 2.24) is 29.3 Å². The van der Waals surface area contributed by atoms with Gasteiger partial charge in [0, 0.05) is 31.7 Å². The van der Waals surface area contributed by atoms with Gasteiger partial charge in [0.25, 0.3) is 0 Å². The lowest BCUT2D eigenvalue weighted by Gasteiger charge is -2.38. The van der Waals surface area contributed by atoms with Crippen molar-refractivity contribution in [2.45, 2.75) is 19.4 Å². The summed E-state index contributed by atoms with van der Waals surface area (Å²) in [5.41, 5.74) is 2.02.